The molecule has 0 aliphatic rings. The van der Waals surface area contributed by atoms with Crippen molar-refractivity contribution in [2.75, 3.05) is 26.8 Å². The Kier molecular flexibility index (Phi) is 6.60. The lowest BCUT2D eigenvalue weighted by Crippen LogP contribution is -2.35. The second-order valence-corrected chi connectivity index (χ2v) is 4.92. The Morgan fingerprint density at radius 2 is 2.09 bits per heavy atom. The first kappa shape index (κ1) is 16.2. The first-order valence-corrected chi connectivity index (χ1v) is 7.30. The minimum absolute atomic E-state index is 0.0232. The number of carbonyl (C=O) groups is 1. The zero-order valence-corrected chi connectivity index (χ0v) is 12.8. The Balaban J connectivity index is 1.83. The van der Waals surface area contributed by atoms with E-state index in [4.69, 9.17) is 4.74 Å². The van der Waals surface area contributed by atoms with Crippen LogP contribution in [0, 0.1) is 0 Å². The van der Waals surface area contributed by atoms with Gasteiger partial charge in [-0.25, -0.2) is 0 Å². The van der Waals surface area contributed by atoms with Gasteiger partial charge >= 0.3 is 0 Å². The van der Waals surface area contributed by atoms with Crippen LogP contribution in [0.1, 0.15) is 11.1 Å². The number of benzene rings is 1. The van der Waals surface area contributed by atoms with Gasteiger partial charge in [-0.3, -0.25) is 9.48 Å². The van der Waals surface area contributed by atoms with Crippen molar-refractivity contribution in [1.29, 1.82) is 0 Å². The van der Waals surface area contributed by atoms with Gasteiger partial charge in [0.25, 0.3) is 0 Å². The van der Waals surface area contributed by atoms with E-state index < -0.39 is 0 Å². The molecule has 0 aliphatic carbocycles. The highest BCUT2D eigenvalue weighted by molar-refractivity contribution is 5.78. The summed E-state index contributed by atoms with van der Waals surface area (Å²) in [7, 11) is 1.64. The average Bonchev–Trinajstić information content (AvgIpc) is 3.04. The molecule has 0 aliphatic heterocycles. The van der Waals surface area contributed by atoms with Gasteiger partial charge in [0.2, 0.25) is 5.91 Å². The zero-order chi connectivity index (χ0) is 15.6. The molecule has 6 heteroatoms. The van der Waals surface area contributed by atoms with Crippen molar-refractivity contribution in [2.24, 2.45) is 0 Å². The Hall–Kier alpha value is -2.18. The summed E-state index contributed by atoms with van der Waals surface area (Å²) in [6, 6.07) is 9.95. The molecule has 0 saturated carbocycles. The molecule has 0 radical (unpaired) electrons. The number of nitrogens with one attached hydrogen (secondary N) is 2. The molecule has 1 aromatic heterocycles. The molecule has 0 fully saturated rings. The van der Waals surface area contributed by atoms with E-state index in [0.29, 0.717) is 32.8 Å². The van der Waals surface area contributed by atoms with Crippen LogP contribution in [-0.4, -0.2) is 42.5 Å². The van der Waals surface area contributed by atoms with E-state index in [1.807, 2.05) is 35.1 Å². The maximum absolute atomic E-state index is 11.8. The quantitative estimate of drug-likeness (QED) is 0.672. The van der Waals surface area contributed by atoms with Gasteiger partial charge in [0.15, 0.2) is 0 Å². The number of nitrogens with zero attached hydrogens (tertiary/aromatic N) is 2. The van der Waals surface area contributed by atoms with Gasteiger partial charge < -0.3 is 15.4 Å². The van der Waals surface area contributed by atoms with E-state index in [1.165, 1.54) is 0 Å². The van der Waals surface area contributed by atoms with E-state index in [1.54, 1.807) is 13.3 Å². The lowest BCUT2D eigenvalue weighted by atomic mass is 10.1. The number of aromatic nitrogens is 2. The molecule has 0 bridgehead atoms. The number of rotatable bonds is 9. The standard InChI is InChI=1S/C16H22N4O2/c1-22-10-8-17-12-16(21)18-11-14-5-2-3-6-15(14)13-20-9-4-7-19-20/h2-7,9,17H,8,10-13H2,1H3,(H,18,21). The Bertz CT molecular complexity index is 569. The van der Waals surface area contributed by atoms with E-state index in [9.17, 15) is 4.79 Å². The monoisotopic (exact) mass is 302 g/mol. The minimum Gasteiger partial charge on any atom is -0.383 e. The third-order valence-electron chi connectivity index (χ3n) is 3.25. The van der Waals surface area contributed by atoms with Crippen LogP contribution < -0.4 is 10.6 Å². The van der Waals surface area contributed by atoms with Gasteiger partial charge in [0.1, 0.15) is 0 Å². The van der Waals surface area contributed by atoms with Crippen LogP contribution in [0.25, 0.3) is 0 Å². The van der Waals surface area contributed by atoms with Gasteiger partial charge in [-0.1, -0.05) is 24.3 Å². The maximum Gasteiger partial charge on any atom is 0.234 e. The molecule has 2 aromatic rings. The summed E-state index contributed by atoms with van der Waals surface area (Å²) in [4.78, 5) is 11.8. The van der Waals surface area contributed by atoms with E-state index in [-0.39, 0.29) is 5.91 Å². The predicted molar refractivity (Wildman–Crippen MR) is 84.4 cm³/mol. The molecule has 0 unspecified atom stereocenters. The lowest BCUT2D eigenvalue weighted by Gasteiger charge is -2.11. The van der Waals surface area contributed by atoms with Gasteiger partial charge in [0, 0.05) is 32.6 Å². The van der Waals surface area contributed by atoms with E-state index in [0.717, 1.165) is 11.1 Å². The summed E-state index contributed by atoms with van der Waals surface area (Å²) in [5.74, 6) is -0.0232. The number of ether oxygens (including phenoxy) is 1. The predicted octanol–water partition coefficient (Wildman–Crippen LogP) is 0.784. The summed E-state index contributed by atoms with van der Waals surface area (Å²) >= 11 is 0. The lowest BCUT2D eigenvalue weighted by molar-refractivity contribution is -0.120. The van der Waals surface area contributed by atoms with Crippen LogP contribution in [0.15, 0.2) is 42.7 Å². The molecule has 1 heterocycles. The highest BCUT2D eigenvalue weighted by atomic mass is 16.5. The molecule has 1 aromatic carbocycles. The second kappa shape index (κ2) is 8.96. The van der Waals surface area contributed by atoms with Crippen LogP contribution in [0.5, 0.6) is 0 Å². The van der Waals surface area contributed by atoms with Crippen molar-refractivity contribution in [3.8, 4) is 0 Å². The Labute approximate surface area is 130 Å². The van der Waals surface area contributed by atoms with Gasteiger partial charge in [-0.05, 0) is 17.2 Å². The molecule has 118 valence electrons. The molecule has 0 atom stereocenters. The van der Waals surface area contributed by atoms with Crippen LogP contribution >= 0.6 is 0 Å². The zero-order valence-electron chi connectivity index (χ0n) is 12.8. The third-order valence-corrected chi connectivity index (χ3v) is 3.25. The molecular formula is C16H22N4O2. The Morgan fingerprint density at radius 3 is 2.82 bits per heavy atom. The van der Waals surface area contributed by atoms with Crippen molar-refractivity contribution in [2.45, 2.75) is 13.1 Å². The molecule has 22 heavy (non-hydrogen) atoms. The highest BCUT2D eigenvalue weighted by Gasteiger charge is 2.05. The fourth-order valence-corrected chi connectivity index (χ4v) is 2.09. The summed E-state index contributed by atoms with van der Waals surface area (Å²) in [5, 5.41) is 10.2. The van der Waals surface area contributed by atoms with Crippen LogP contribution in [0.2, 0.25) is 0 Å². The highest BCUT2D eigenvalue weighted by Crippen LogP contribution is 2.10. The van der Waals surface area contributed by atoms with Gasteiger partial charge in [-0.15, -0.1) is 0 Å². The number of carbonyl (C=O) groups excluding carboxylic acids is 1. The van der Waals surface area contributed by atoms with Crippen molar-refractivity contribution >= 4 is 5.91 Å². The molecule has 1 amide bonds. The molecule has 2 N–H and O–H groups in total. The largest absolute Gasteiger partial charge is 0.383 e. The topological polar surface area (TPSA) is 68.2 Å². The molecule has 0 saturated heterocycles. The van der Waals surface area contributed by atoms with E-state index in [2.05, 4.69) is 21.8 Å². The van der Waals surface area contributed by atoms with Gasteiger partial charge in [0.05, 0.1) is 19.7 Å². The molecular weight excluding hydrogens is 280 g/mol. The Morgan fingerprint density at radius 1 is 1.27 bits per heavy atom. The van der Waals surface area contributed by atoms with Crippen LogP contribution in [0.4, 0.5) is 0 Å². The maximum atomic E-state index is 11.8. The number of amides is 1. The van der Waals surface area contributed by atoms with Crippen molar-refractivity contribution in [1.82, 2.24) is 20.4 Å². The fourth-order valence-electron chi connectivity index (χ4n) is 2.09. The number of hydrogen-bond acceptors (Lipinski definition) is 4. The average molecular weight is 302 g/mol. The van der Waals surface area contributed by atoms with E-state index >= 15 is 0 Å². The van der Waals surface area contributed by atoms with Crippen molar-refractivity contribution < 1.29 is 9.53 Å². The first-order chi connectivity index (χ1) is 10.8. The molecule has 2 rings (SSSR count). The van der Waals surface area contributed by atoms with Crippen LogP contribution in [-0.2, 0) is 22.6 Å². The number of hydrogen-bond donors (Lipinski definition) is 2. The summed E-state index contributed by atoms with van der Waals surface area (Å²) in [5.41, 5.74) is 2.25. The van der Waals surface area contributed by atoms with Crippen LogP contribution in [0.3, 0.4) is 0 Å². The normalized spacial score (nSPS) is 10.6. The molecule has 6 nitrogen and oxygen atoms in total. The molecule has 0 spiro atoms. The summed E-state index contributed by atoms with van der Waals surface area (Å²) in [6.45, 7) is 2.78. The first-order valence-electron chi connectivity index (χ1n) is 7.30. The second-order valence-electron chi connectivity index (χ2n) is 4.92. The summed E-state index contributed by atoms with van der Waals surface area (Å²) in [6.07, 6.45) is 3.69. The van der Waals surface area contributed by atoms with Crippen molar-refractivity contribution in [3.05, 3.63) is 53.9 Å². The van der Waals surface area contributed by atoms with Crippen molar-refractivity contribution in [3.63, 3.8) is 0 Å². The fraction of sp³-hybridized carbons (Fsp3) is 0.375. The minimum atomic E-state index is -0.0232. The SMILES string of the molecule is COCCNCC(=O)NCc1ccccc1Cn1cccn1. The third kappa shape index (κ3) is 5.31. The number of methoxy groups -OCH3 is 1. The smallest absolute Gasteiger partial charge is 0.234 e. The summed E-state index contributed by atoms with van der Waals surface area (Å²) < 4.78 is 6.78. The van der Waals surface area contributed by atoms with Gasteiger partial charge in [-0.2, -0.15) is 5.10 Å².